The van der Waals surface area contributed by atoms with E-state index in [4.69, 9.17) is 0 Å². The van der Waals surface area contributed by atoms with Gasteiger partial charge in [0.1, 0.15) is 0 Å². The SMILES string of the molecule is O=C(c1cc(Br)cc([N+](=O)[O-])c1)N1CCC(O)C1. The second-order valence-corrected chi connectivity index (χ2v) is 5.06. The monoisotopic (exact) mass is 314 g/mol. The molecule has 1 fully saturated rings. The van der Waals surface area contributed by atoms with Crippen molar-refractivity contribution < 1.29 is 14.8 Å². The van der Waals surface area contributed by atoms with Crippen LogP contribution < -0.4 is 0 Å². The Morgan fingerprint density at radius 3 is 2.78 bits per heavy atom. The van der Waals surface area contributed by atoms with E-state index in [1.54, 1.807) is 6.07 Å². The number of nitro groups is 1. The van der Waals surface area contributed by atoms with Crippen LogP contribution in [0.2, 0.25) is 0 Å². The van der Waals surface area contributed by atoms with Crippen LogP contribution in [0.5, 0.6) is 0 Å². The number of nitro benzene ring substituents is 1. The van der Waals surface area contributed by atoms with Crippen molar-refractivity contribution >= 4 is 27.5 Å². The van der Waals surface area contributed by atoms with Gasteiger partial charge in [-0.05, 0) is 12.5 Å². The van der Waals surface area contributed by atoms with Crippen molar-refractivity contribution in [3.63, 3.8) is 0 Å². The highest BCUT2D eigenvalue weighted by Gasteiger charge is 2.26. The van der Waals surface area contributed by atoms with Crippen LogP contribution in [0.3, 0.4) is 0 Å². The first-order valence-corrected chi connectivity index (χ1v) is 6.19. The van der Waals surface area contributed by atoms with Crippen LogP contribution in [-0.4, -0.2) is 40.0 Å². The van der Waals surface area contributed by atoms with Crippen molar-refractivity contribution in [1.82, 2.24) is 4.90 Å². The third-order valence-electron chi connectivity index (χ3n) is 2.79. The third kappa shape index (κ3) is 2.68. The van der Waals surface area contributed by atoms with Crippen LogP contribution in [0.25, 0.3) is 0 Å². The second kappa shape index (κ2) is 5.03. The zero-order chi connectivity index (χ0) is 13.3. The number of amides is 1. The summed E-state index contributed by atoms with van der Waals surface area (Å²) in [5.41, 5.74) is 0.123. The van der Waals surface area contributed by atoms with E-state index >= 15 is 0 Å². The Balaban J connectivity index is 2.27. The lowest BCUT2D eigenvalue weighted by Crippen LogP contribution is -2.29. The maximum absolute atomic E-state index is 12.1. The first-order valence-electron chi connectivity index (χ1n) is 5.39. The van der Waals surface area contributed by atoms with Crippen LogP contribution in [-0.2, 0) is 0 Å². The van der Waals surface area contributed by atoms with E-state index in [1.165, 1.54) is 17.0 Å². The molecule has 1 aromatic carbocycles. The van der Waals surface area contributed by atoms with Gasteiger partial charge in [-0.1, -0.05) is 15.9 Å². The molecule has 0 aliphatic carbocycles. The summed E-state index contributed by atoms with van der Waals surface area (Å²) in [6.07, 6.45) is 0.0399. The van der Waals surface area contributed by atoms with E-state index in [2.05, 4.69) is 15.9 Å². The quantitative estimate of drug-likeness (QED) is 0.663. The van der Waals surface area contributed by atoms with Gasteiger partial charge in [0.15, 0.2) is 0 Å². The molecule has 0 radical (unpaired) electrons. The standard InChI is InChI=1S/C11H11BrN2O4/c12-8-3-7(4-9(5-8)14(17)18)11(16)13-2-1-10(15)6-13/h3-5,10,15H,1-2,6H2. The topological polar surface area (TPSA) is 83.7 Å². The smallest absolute Gasteiger partial charge is 0.271 e. The molecule has 1 aromatic rings. The predicted octanol–water partition coefficient (Wildman–Crippen LogP) is 1.56. The molecule has 96 valence electrons. The highest BCUT2D eigenvalue weighted by molar-refractivity contribution is 9.10. The van der Waals surface area contributed by atoms with Gasteiger partial charge in [0.2, 0.25) is 0 Å². The minimum absolute atomic E-state index is 0.132. The number of aliphatic hydroxyl groups excluding tert-OH is 1. The van der Waals surface area contributed by atoms with Crippen LogP contribution in [0.1, 0.15) is 16.8 Å². The number of aliphatic hydroxyl groups is 1. The number of halogens is 1. The number of hydrogen-bond donors (Lipinski definition) is 1. The summed E-state index contributed by atoms with van der Waals surface area (Å²) in [4.78, 5) is 23.8. The Labute approximate surface area is 111 Å². The lowest BCUT2D eigenvalue weighted by Gasteiger charge is -2.15. The Hall–Kier alpha value is -1.47. The normalized spacial score (nSPS) is 19.0. The molecule has 1 atom stereocenters. The van der Waals surface area contributed by atoms with Crippen molar-refractivity contribution in [1.29, 1.82) is 0 Å². The zero-order valence-electron chi connectivity index (χ0n) is 9.38. The molecule has 7 heteroatoms. The average Bonchev–Trinajstić information content (AvgIpc) is 2.74. The molecule has 1 heterocycles. The van der Waals surface area contributed by atoms with E-state index in [1.807, 2.05) is 0 Å². The van der Waals surface area contributed by atoms with Crippen LogP contribution >= 0.6 is 15.9 Å². The molecular weight excluding hydrogens is 304 g/mol. The van der Waals surface area contributed by atoms with Gasteiger partial charge in [-0.2, -0.15) is 0 Å². The molecule has 1 aliphatic heterocycles. The third-order valence-corrected chi connectivity index (χ3v) is 3.25. The van der Waals surface area contributed by atoms with Crippen LogP contribution in [0.15, 0.2) is 22.7 Å². The number of benzene rings is 1. The first kappa shape index (κ1) is 13.0. The number of rotatable bonds is 2. The van der Waals surface area contributed by atoms with Crippen molar-refractivity contribution in [2.24, 2.45) is 0 Å². The molecule has 6 nitrogen and oxygen atoms in total. The fourth-order valence-corrected chi connectivity index (χ4v) is 2.39. The van der Waals surface area contributed by atoms with Crippen LogP contribution in [0.4, 0.5) is 5.69 Å². The summed E-state index contributed by atoms with van der Waals surface area (Å²) < 4.78 is 0.486. The van der Waals surface area contributed by atoms with Crippen molar-refractivity contribution in [3.8, 4) is 0 Å². The summed E-state index contributed by atoms with van der Waals surface area (Å²) in [5, 5.41) is 20.1. The van der Waals surface area contributed by atoms with E-state index in [0.29, 0.717) is 17.4 Å². The molecule has 1 N–H and O–H groups in total. The maximum atomic E-state index is 12.1. The van der Waals surface area contributed by atoms with E-state index in [0.717, 1.165) is 0 Å². The minimum atomic E-state index is -0.541. The molecule has 0 saturated carbocycles. The van der Waals surface area contributed by atoms with Gasteiger partial charge in [0.05, 0.1) is 11.0 Å². The van der Waals surface area contributed by atoms with Crippen molar-refractivity contribution in [3.05, 3.63) is 38.3 Å². The summed E-state index contributed by atoms with van der Waals surface area (Å²) in [6.45, 7) is 0.749. The molecule has 0 aromatic heterocycles. The van der Waals surface area contributed by atoms with Gasteiger partial charge in [0, 0.05) is 35.3 Å². The average molecular weight is 315 g/mol. The minimum Gasteiger partial charge on any atom is -0.391 e. The Bertz CT molecular complexity index is 506. The molecule has 1 aliphatic rings. The molecule has 2 rings (SSSR count). The van der Waals surface area contributed by atoms with E-state index in [9.17, 15) is 20.0 Å². The molecule has 1 saturated heterocycles. The zero-order valence-corrected chi connectivity index (χ0v) is 11.0. The number of β-amino-alcohol motifs (C(OH)–C–C–N with tert-alkyl or cyclic N) is 1. The second-order valence-electron chi connectivity index (χ2n) is 4.15. The Morgan fingerprint density at radius 2 is 2.22 bits per heavy atom. The van der Waals surface area contributed by atoms with Gasteiger partial charge in [-0.15, -0.1) is 0 Å². The van der Waals surface area contributed by atoms with Gasteiger partial charge in [-0.25, -0.2) is 0 Å². The molecule has 0 spiro atoms. The van der Waals surface area contributed by atoms with E-state index in [-0.39, 0.29) is 23.7 Å². The van der Waals surface area contributed by atoms with E-state index < -0.39 is 11.0 Å². The number of likely N-dealkylation sites (tertiary alicyclic amines) is 1. The highest BCUT2D eigenvalue weighted by Crippen LogP contribution is 2.23. The van der Waals surface area contributed by atoms with Crippen molar-refractivity contribution in [2.45, 2.75) is 12.5 Å². The fraction of sp³-hybridized carbons (Fsp3) is 0.364. The first-order chi connectivity index (χ1) is 8.47. The summed E-state index contributed by atoms with van der Waals surface area (Å²) >= 11 is 3.15. The van der Waals surface area contributed by atoms with Gasteiger partial charge < -0.3 is 10.0 Å². The van der Waals surface area contributed by atoms with Gasteiger partial charge >= 0.3 is 0 Å². The number of non-ortho nitro benzene ring substituents is 1. The number of carbonyl (C=O) groups excluding carboxylic acids is 1. The lowest BCUT2D eigenvalue weighted by atomic mass is 10.2. The largest absolute Gasteiger partial charge is 0.391 e. The lowest BCUT2D eigenvalue weighted by molar-refractivity contribution is -0.385. The Kier molecular flexibility index (Phi) is 3.63. The Morgan fingerprint density at radius 1 is 1.50 bits per heavy atom. The van der Waals surface area contributed by atoms with Crippen LogP contribution in [0, 0.1) is 10.1 Å². The molecular formula is C11H11BrN2O4. The molecule has 0 bridgehead atoms. The summed E-state index contributed by atoms with van der Waals surface area (Å²) in [6, 6.07) is 4.13. The fourth-order valence-electron chi connectivity index (χ4n) is 1.91. The van der Waals surface area contributed by atoms with Gasteiger partial charge in [0.25, 0.3) is 11.6 Å². The number of carbonyl (C=O) groups is 1. The number of hydrogen-bond acceptors (Lipinski definition) is 4. The maximum Gasteiger partial charge on any atom is 0.271 e. The molecule has 1 amide bonds. The summed E-state index contributed by atoms with van der Waals surface area (Å²) in [5.74, 6) is -0.295. The molecule has 18 heavy (non-hydrogen) atoms. The van der Waals surface area contributed by atoms with Crippen molar-refractivity contribution in [2.75, 3.05) is 13.1 Å². The summed E-state index contributed by atoms with van der Waals surface area (Å²) in [7, 11) is 0. The van der Waals surface area contributed by atoms with Gasteiger partial charge in [-0.3, -0.25) is 14.9 Å². The highest BCUT2D eigenvalue weighted by atomic mass is 79.9. The number of nitrogens with zero attached hydrogens (tertiary/aromatic N) is 2. The predicted molar refractivity (Wildman–Crippen MR) is 67.3 cm³/mol. The molecule has 1 unspecified atom stereocenters.